The van der Waals surface area contributed by atoms with Gasteiger partial charge in [0.25, 0.3) is 0 Å². The van der Waals surface area contributed by atoms with Gasteiger partial charge in [-0.1, -0.05) is 29.8 Å². The maximum absolute atomic E-state index is 14.2. The lowest BCUT2D eigenvalue weighted by Crippen LogP contribution is -2.41. The van der Waals surface area contributed by atoms with Crippen LogP contribution in [0.15, 0.2) is 77.7 Å². The van der Waals surface area contributed by atoms with Crippen molar-refractivity contribution in [1.29, 1.82) is 0 Å². The molecule has 0 saturated heterocycles. The summed E-state index contributed by atoms with van der Waals surface area (Å²) in [4.78, 5) is 14.0. The van der Waals surface area contributed by atoms with Gasteiger partial charge in [-0.25, -0.2) is 17.2 Å². The summed E-state index contributed by atoms with van der Waals surface area (Å²) in [6.07, 6.45) is 0. The minimum absolute atomic E-state index is 0.0783. The normalized spacial score (nSPS) is 11.5. The van der Waals surface area contributed by atoms with Crippen molar-refractivity contribution in [2.75, 3.05) is 18.5 Å². The smallest absolute Gasteiger partial charge is 0.243 e. The number of carbonyl (C=O) groups is 1. The highest BCUT2D eigenvalue weighted by atomic mass is 35.5. The molecule has 0 aliphatic rings. The monoisotopic (exact) mass is 464 g/mol. The van der Waals surface area contributed by atoms with Crippen LogP contribution < -0.4 is 4.90 Å². The van der Waals surface area contributed by atoms with E-state index >= 15 is 0 Å². The summed E-state index contributed by atoms with van der Waals surface area (Å²) in [7, 11) is -2.70. The standard InChI is InChI=1S/C22H19ClF2N2O3S/c1-26(19-10-8-18(24)9-11-19)22(28)15-27(14-16-4-2-3-5-21(16)25)31(29,30)20-12-6-17(23)7-13-20/h2-13H,14-15H2,1H3. The van der Waals surface area contributed by atoms with Crippen LogP contribution in [-0.2, 0) is 21.4 Å². The molecule has 0 unspecified atom stereocenters. The average molecular weight is 465 g/mol. The first-order chi connectivity index (χ1) is 14.7. The number of amides is 1. The van der Waals surface area contributed by atoms with Crippen molar-refractivity contribution in [3.8, 4) is 0 Å². The summed E-state index contributed by atoms with van der Waals surface area (Å²) in [5.41, 5.74) is 0.512. The van der Waals surface area contributed by atoms with Gasteiger partial charge >= 0.3 is 0 Å². The number of nitrogens with zero attached hydrogens (tertiary/aromatic N) is 2. The molecule has 3 aromatic rings. The summed E-state index contributed by atoms with van der Waals surface area (Å²) in [5, 5.41) is 0.353. The number of sulfonamides is 1. The molecule has 0 aromatic heterocycles. The Morgan fingerprint density at radius 2 is 1.55 bits per heavy atom. The van der Waals surface area contributed by atoms with E-state index in [1.54, 1.807) is 6.07 Å². The maximum atomic E-state index is 14.2. The second kappa shape index (κ2) is 9.55. The molecular formula is C22H19ClF2N2O3S. The van der Waals surface area contributed by atoms with Gasteiger partial charge in [-0.05, 0) is 54.6 Å². The Morgan fingerprint density at radius 1 is 0.935 bits per heavy atom. The van der Waals surface area contributed by atoms with E-state index in [9.17, 15) is 22.0 Å². The molecule has 3 aromatic carbocycles. The lowest BCUT2D eigenvalue weighted by atomic mass is 10.2. The lowest BCUT2D eigenvalue weighted by Gasteiger charge is -2.25. The number of benzene rings is 3. The van der Waals surface area contributed by atoms with E-state index < -0.39 is 34.1 Å². The largest absolute Gasteiger partial charge is 0.314 e. The molecule has 0 atom stereocenters. The molecule has 31 heavy (non-hydrogen) atoms. The Kier molecular flexibility index (Phi) is 7.04. The van der Waals surface area contributed by atoms with Crippen LogP contribution in [0.4, 0.5) is 14.5 Å². The topological polar surface area (TPSA) is 57.7 Å². The van der Waals surface area contributed by atoms with Crippen LogP contribution >= 0.6 is 11.6 Å². The average Bonchev–Trinajstić information content (AvgIpc) is 2.75. The highest BCUT2D eigenvalue weighted by Crippen LogP contribution is 2.22. The van der Waals surface area contributed by atoms with Crippen LogP contribution in [-0.4, -0.2) is 32.2 Å². The molecule has 0 bridgehead atoms. The van der Waals surface area contributed by atoms with Gasteiger partial charge in [0.2, 0.25) is 15.9 Å². The van der Waals surface area contributed by atoms with E-state index in [0.717, 1.165) is 4.31 Å². The molecule has 0 radical (unpaired) electrons. The Balaban J connectivity index is 1.93. The zero-order valence-electron chi connectivity index (χ0n) is 16.5. The third kappa shape index (κ3) is 5.46. The second-order valence-electron chi connectivity index (χ2n) is 6.75. The Morgan fingerprint density at radius 3 is 2.16 bits per heavy atom. The summed E-state index contributed by atoms with van der Waals surface area (Å²) < 4.78 is 54.8. The quantitative estimate of drug-likeness (QED) is 0.518. The fraction of sp³-hybridized carbons (Fsp3) is 0.136. The van der Waals surface area contributed by atoms with Crippen LogP contribution in [0, 0.1) is 11.6 Å². The summed E-state index contributed by atoms with van der Waals surface area (Å²) >= 11 is 5.85. The fourth-order valence-corrected chi connectivity index (χ4v) is 4.36. The molecule has 5 nitrogen and oxygen atoms in total. The van der Waals surface area contributed by atoms with Crippen LogP contribution in [0.2, 0.25) is 5.02 Å². The highest BCUT2D eigenvalue weighted by Gasteiger charge is 2.29. The number of hydrogen-bond donors (Lipinski definition) is 0. The zero-order valence-corrected chi connectivity index (χ0v) is 18.1. The molecule has 1 amide bonds. The molecule has 0 fully saturated rings. The molecule has 0 saturated carbocycles. The van der Waals surface area contributed by atoms with E-state index in [-0.39, 0.29) is 17.0 Å². The van der Waals surface area contributed by atoms with Gasteiger partial charge < -0.3 is 4.90 Å². The van der Waals surface area contributed by atoms with Crippen molar-refractivity contribution in [3.05, 3.63) is 95.0 Å². The van der Waals surface area contributed by atoms with E-state index in [2.05, 4.69) is 0 Å². The van der Waals surface area contributed by atoms with Crippen molar-refractivity contribution in [2.45, 2.75) is 11.4 Å². The Hall–Kier alpha value is -2.81. The number of halogens is 3. The molecule has 0 aliphatic carbocycles. The van der Waals surface area contributed by atoms with Crippen LogP contribution in [0.1, 0.15) is 5.56 Å². The van der Waals surface area contributed by atoms with Gasteiger partial charge in [0.05, 0.1) is 11.4 Å². The van der Waals surface area contributed by atoms with E-state index in [4.69, 9.17) is 11.6 Å². The van der Waals surface area contributed by atoms with Gasteiger partial charge in [-0.3, -0.25) is 4.79 Å². The molecule has 162 valence electrons. The van der Waals surface area contributed by atoms with E-state index in [1.165, 1.54) is 78.7 Å². The molecule has 0 aliphatic heterocycles. The molecular weight excluding hydrogens is 446 g/mol. The number of rotatable bonds is 7. The molecule has 0 heterocycles. The number of carbonyl (C=O) groups excluding carboxylic acids is 1. The SMILES string of the molecule is CN(C(=O)CN(Cc1ccccc1F)S(=O)(=O)c1ccc(Cl)cc1)c1ccc(F)cc1. The minimum Gasteiger partial charge on any atom is -0.314 e. The highest BCUT2D eigenvalue weighted by molar-refractivity contribution is 7.89. The van der Waals surface area contributed by atoms with Gasteiger partial charge in [0.1, 0.15) is 11.6 Å². The Bertz CT molecular complexity index is 1170. The molecule has 9 heteroatoms. The first-order valence-corrected chi connectivity index (χ1v) is 11.0. The fourth-order valence-electron chi connectivity index (χ4n) is 2.86. The van der Waals surface area contributed by atoms with Crippen LogP contribution in [0.5, 0.6) is 0 Å². The maximum Gasteiger partial charge on any atom is 0.243 e. The van der Waals surface area contributed by atoms with Gasteiger partial charge in [-0.2, -0.15) is 4.31 Å². The van der Waals surface area contributed by atoms with E-state index in [1.807, 2.05) is 0 Å². The minimum atomic E-state index is -4.15. The lowest BCUT2D eigenvalue weighted by molar-refractivity contribution is -0.118. The summed E-state index contributed by atoms with van der Waals surface area (Å²) in [5.74, 6) is -1.62. The van der Waals surface area contributed by atoms with Crippen molar-refractivity contribution in [3.63, 3.8) is 0 Å². The first kappa shape index (κ1) is 22.9. The zero-order chi connectivity index (χ0) is 22.6. The molecule has 0 spiro atoms. The Labute approximate surface area is 184 Å². The molecule has 3 rings (SSSR count). The van der Waals surface area contributed by atoms with Crippen molar-refractivity contribution >= 4 is 33.2 Å². The second-order valence-corrected chi connectivity index (χ2v) is 9.12. The number of anilines is 1. The third-order valence-corrected chi connectivity index (χ3v) is 6.71. The third-order valence-electron chi connectivity index (χ3n) is 4.66. The predicted molar refractivity (Wildman–Crippen MR) is 115 cm³/mol. The van der Waals surface area contributed by atoms with Crippen molar-refractivity contribution < 1.29 is 22.0 Å². The first-order valence-electron chi connectivity index (χ1n) is 9.20. The summed E-state index contributed by atoms with van der Waals surface area (Å²) in [6.45, 7) is -0.895. The number of likely N-dealkylation sites (N-methyl/N-ethyl adjacent to an activating group) is 1. The van der Waals surface area contributed by atoms with Crippen LogP contribution in [0.25, 0.3) is 0 Å². The van der Waals surface area contributed by atoms with Crippen molar-refractivity contribution in [1.82, 2.24) is 4.31 Å². The predicted octanol–water partition coefficient (Wildman–Crippen LogP) is 4.47. The summed E-state index contributed by atoms with van der Waals surface area (Å²) in [6, 6.07) is 16.4. The van der Waals surface area contributed by atoms with Gasteiger partial charge in [0, 0.05) is 29.9 Å². The molecule has 0 N–H and O–H groups in total. The van der Waals surface area contributed by atoms with E-state index in [0.29, 0.717) is 10.7 Å². The van der Waals surface area contributed by atoms with Gasteiger partial charge in [0.15, 0.2) is 0 Å². The van der Waals surface area contributed by atoms with Gasteiger partial charge in [-0.15, -0.1) is 0 Å². The van der Waals surface area contributed by atoms with Crippen molar-refractivity contribution in [2.24, 2.45) is 0 Å². The van der Waals surface area contributed by atoms with Crippen LogP contribution in [0.3, 0.4) is 0 Å². The number of hydrogen-bond acceptors (Lipinski definition) is 3.